The van der Waals surface area contributed by atoms with Crippen LogP contribution in [0.1, 0.15) is 5.56 Å². The summed E-state index contributed by atoms with van der Waals surface area (Å²) in [5, 5.41) is 17.3. The van der Waals surface area contributed by atoms with E-state index in [2.05, 4.69) is 143 Å². The van der Waals surface area contributed by atoms with Gasteiger partial charge in [-0.1, -0.05) is 103 Å². The summed E-state index contributed by atoms with van der Waals surface area (Å²) in [7, 11) is 0. The minimum Gasteiger partial charge on any atom is -0.454 e. The molecule has 10 aromatic rings. The molecule has 3 aromatic heterocycles. The van der Waals surface area contributed by atoms with E-state index in [1.54, 1.807) is 0 Å². The van der Waals surface area contributed by atoms with E-state index in [1.165, 1.54) is 16.2 Å². The minimum atomic E-state index is 0.632. The molecule has 218 valence electrons. The van der Waals surface area contributed by atoms with E-state index in [4.69, 9.17) is 4.42 Å². The van der Waals surface area contributed by atoms with E-state index in [0.29, 0.717) is 5.56 Å². The Hall–Kier alpha value is -6.57. The second kappa shape index (κ2) is 9.71. The maximum atomic E-state index is 10.4. The third kappa shape index (κ3) is 3.57. The lowest BCUT2D eigenvalue weighted by molar-refractivity contribution is 0.671. The standard InChI is InChI=1S/C43H25N3O/c44-26-28-10-9-15-30(41(28)46-38-17-6-1-11-31(38)32-12-2-7-18-39(32)46)27-20-22-29(23-21-27)45-37-16-5-3-13-33(37)35-24-25-36-34-14-4-8-19-40(34)47-43(36)42(35)45/h1-25H. The Labute approximate surface area is 269 Å². The molecule has 0 fully saturated rings. The van der Waals surface area contributed by atoms with Crippen molar-refractivity contribution in [3.63, 3.8) is 0 Å². The number of para-hydroxylation sites is 5. The smallest absolute Gasteiger partial charge is 0.160 e. The number of nitriles is 1. The van der Waals surface area contributed by atoms with Crippen molar-refractivity contribution in [2.75, 3.05) is 0 Å². The molecule has 7 aromatic carbocycles. The van der Waals surface area contributed by atoms with E-state index in [9.17, 15) is 5.26 Å². The van der Waals surface area contributed by atoms with Crippen LogP contribution in [-0.4, -0.2) is 9.13 Å². The third-order valence-electron chi connectivity index (χ3n) is 9.58. The van der Waals surface area contributed by atoms with Crippen molar-refractivity contribution in [3.05, 3.63) is 157 Å². The first-order valence-corrected chi connectivity index (χ1v) is 15.8. The van der Waals surface area contributed by atoms with Crippen LogP contribution in [0.4, 0.5) is 0 Å². The van der Waals surface area contributed by atoms with Gasteiger partial charge in [0.2, 0.25) is 0 Å². The number of hydrogen-bond acceptors (Lipinski definition) is 2. The summed E-state index contributed by atoms with van der Waals surface area (Å²) >= 11 is 0. The average Bonchev–Trinajstić information content (AvgIpc) is 3.79. The third-order valence-corrected chi connectivity index (χ3v) is 9.58. The van der Waals surface area contributed by atoms with E-state index in [-0.39, 0.29) is 0 Å². The van der Waals surface area contributed by atoms with Gasteiger partial charge in [0.25, 0.3) is 0 Å². The van der Waals surface area contributed by atoms with E-state index in [0.717, 1.165) is 71.9 Å². The van der Waals surface area contributed by atoms with Crippen molar-refractivity contribution < 1.29 is 4.42 Å². The molecule has 0 radical (unpaired) electrons. The van der Waals surface area contributed by atoms with Crippen molar-refractivity contribution in [1.29, 1.82) is 5.26 Å². The van der Waals surface area contributed by atoms with Gasteiger partial charge in [0, 0.05) is 43.6 Å². The Kier molecular flexibility index (Phi) is 5.32. The fourth-order valence-corrected chi connectivity index (χ4v) is 7.56. The first-order valence-electron chi connectivity index (χ1n) is 15.8. The molecule has 0 aliphatic carbocycles. The van der Waals surface area contributed by atoms with Gasteiger partial charge in [-0.15, -0.1) is 0 Å². The Morgan fingerprint density at radius 1 is 0.468 bits per heavy atom. The maximum Gasteiger partial charge on any atom is 0.160 e. The SMILES string of the molecule is N#Cc1cccc(-c2ccc(-n3c4ccccc4c4ccc5c6ccccc6oc5c43)cc2)c1-n1c2ccccc2c2ccccc21. The Bertz CT molecular complexity index is 2860. The topological polar surface area (TPSA) is 46.8 Å². The quantitative estimate of drug-likeness (QED) is 0.203. The minimum absolute atomic E-state index is 0.632. The van der Waals surface area contributed by atoms with Crippen LogP contribution in [0.25, 0.3) is 88.1 Å². The van der Waals surface area contributed by atoms with Crippen LogP contribution in [-0.2, 0) is 0 Å². The number of nitrogens with zero attached hydrogens (tertiary/aromatic N) is 3. The van der Waals surface area contributed by atoms with Crippen molar-refractivity contribution in [3.8, 4) is 28.6 Å². The molecular weight excluding hydrogens is 574 g/mol. The summed E-state index contributed by atoms with van der Waals surface area (Å²) in [5.41, 5.74) is 10.7. The monoisotopic (exact) mass is 599 g/mol. The van der Waals surface area contributed by atoms with Crippen molar-refractivity contribution in [2.24, 2.45) is 0 Å². The molecule has 0 saturated carbocycles. The normalized spacial score (nSPS) is 11.8. The first kappa shape index (κ1) is 25.7. The van der Waals surface area contributed by atoms with Gasteiger partial charge in [0.1, 0.15) is 11.7 Å². The number of fused-ring (bicyclic) bond motifs is 10. The van der Waals surface area contributed by atoms with Gasteiger partial charge >= 0.3 is 0 Å². The number of benzene rings is 7. The lowest BCUT2D eigenvalue weighted by atomic mass is 9.99. The van der Waals surface area contributed by atoms with Crippen LogP contribution in [0.3, 0.4) is 0 Å². The molecule has 4 nitrogen and oxygen atoms in total. The van der Waals surface area contributed by atoms with Gasteiger partial charge in [-0.25, -0.2) is 0 Å². The molecule has 0 atom stereocenters. The molecule has 0 bridgehead atoms. The summed E-state index contributed by atoms with van der Waals surface area (Å²) in [6, 6.07) is 55.2. The van der Waals surface area contributed by atoms with Gasteiger partial charge in [-0.3, -0.25) is 0 Å². The highest BCUT2D eigenvalue weighted by Gasteiger charge is 2.21. The molecule has 3 heterocycles. The maximum absolute atomic E-state index is 10.4. The number of aromatic nitrogens is 2. The zero-order valence-electron chi connectivity index (χ0n) is 25.2. The molecule has 0 aliphatic heterocycles. The van der Waals surface area contributed by atoms with Crippen molar-refractivity contribution >= 4 is 65.6 Å². The highest BCUT2D eigenvalue weighted by Crippen LogP contribution is 2.41. The van der Waals surface area contributed by atoms with Gasteiger partial charge in [-0.05, 0) is 54.1 Å². The average molecular weight is 600 g/mol. The van der Waals surface area contributed by atoms with Crippen LogP contribution in [0.15, 0.2) is 156 Å². The Morgan fingerprint density at radius 3 is 1.72 bits per heavy atom. The second-order valence-electron chi connectivity index (χ2n) is 12.0. The lowest BCUT2D eigenvalue weighted by Gasteiger charge is -2.16. The second-order valence-corrected chi connectivity index (χ2v) is 12.0. The van der Waals surface area contributed by atoms with Crippen LogP contribution in [0, 0.1) is 11.3 Å². The molecule has 0 saturated heterocycles. The van der Waals surface area contributed by atoms with Gasteiger partial charge in [0.05, 0.1) is 33.3 Å². The zero-order chi connectivity index (χ0) is 31.1. The lowest BCUT2D eigenvalue weighted by Crippen LogP contribution is -2.01. The fraction of sp³-hybridized carbons (Fsp3) is 0. The highest BCUT2D eigenvalue weighted by atomic mass is 16.3. The van der Waals surface area contributed by atoms with Gasteiger partial charge in [0.15, 0.2) is 5.58 Å². The predicted octanol–water partition coefficient (Wildman–Crippen LogP) is 11.3. The van der Waals surface area contributed by atoms with Crippen molar-refractivity contribution in [2.45, 2.75) is 0 Å². The van der Waals surface area contributed by atoms with E-state index >= 15 is 0 Å². The molecule has 10 rings (SSSR count). The summed E-state index contributed by atoms with van der Waals surface area (Å²) in [6.07, 6.45) is 0. The van der Waals surface area contributed by atoms with Crippen LogP contribution in [0.5, 0.6) is 0 Å². The largest absolute Gasteiger partial charge is 0.454 e. The summed E-state index contributed by atoms with van der Waals surface area (Å²) in [6.45, 7) is 0. The first-order chi connectivity index (χ1) is 23.3. The summed E-state index contributed by atoms with van der Waals surface area (Å²) in [4.78, 5) is 0. The van der Waals surface area contributed by atoms with E-state index < -0.39 is 0 Å². The zero-order valence-corrected chi connectivity index (χ0v) is 25.2. The molecular formula is C43H25N3O. The van der Waals surface area contributed by atoms with Crippen LogP contribution >= 0.6 is 0 Å². The molecule has 0 N–H and O–H groups in total. The number of rotatable bonds is 3. The highest BCUT2D eigenvalue weighted by molar-refractivity contribution is 6.21. The molecule has 0 unspecified atom stereocenters. The molecule has 47 heavy (non-hydrogen) atoms. The molecule has 0 spiro atoms. The Morgan fingerprint density at radius 2 is 1.04 bits per heavy atom. The summed E-state index contributed by atoms with van der Waals surface area (Å²) in [5.74, 6) is 0. The van der Waals surface area contributed by atoms with E-state index in [1.807, 2.05) is 24.3 Å². The predicted molar refractivity (Wildman–Crippen MR) is 193 cm³/mol. The molecule has 4 heteroatoms. The number of furan rings is 1. The van der Waals surface area contributed by atoms with Gasteiger partial charge < -0.3 is 13.6 Å². The van der Waals surface area contributed by atoms with Gasteiger partial charge in [-0.2, -0.15) is 5.26 Å². The molecule has 0 aliphatic rings. The Balaban J connectivity index is 1.22. The van der Waals surface area contributed by atoms with Crippen molar-refractivity contribution in [1.82, 2.24) is 9.13 Å². The van der Waals surface area contributed by atoms with Crippen LogP contribution < -0.4 is 0 Å². The number of hydrogen-bond donors (Lipinski definition) is 0. The summed E-state index contributed by atoms with van der Waals surface area (Å²) < 4.78 is 11.1. The van der Waals surface area contributed by atoms with Crippen LogP contribution in [0.2, 0.25) is 0 Å². The fourth-order valence-electron chi connectivity index (χ4n) is 7.56. The molecule has 0 amide bonds.